The Bertz CT molecular complexity index is 338. The molecule has 26 heavy (non-hydrogen) atoms. The first-order valence-electron chi connectivity index (χ1n) is 9.57. The van der Waals surface area contributed by atoms with Gasteiger partial charge >= 0.3 is 25.7 Å². The van der Waals surface area contributed by atoms with E-state index in [1.807, 2.05) is 39.3 Å². The van der Waals surface area contributed by atoms with Gasteiger partial charge in [0.05, 0.1) is 0 Å². The monoisotopic (exact) mass is 439 g/mol. The van der Waals surface area contributed by atoms with E-state index < -0.39 is 31.3 Å². The van der Waals surface area contributed by atoms with Gasteiger partial charge in [0.1, 0.15) is 0 Å². The lowest BCUT2D eigenvalue weighted by molar-refractivity contribution is -0.225. The summed E-state index contributed by atoms with van der Waals surface area (Å²) in [6.45, 7) is 20.0. The molecule has 0 saturated carbocycles. The van der Waals surface area contributed by atoms with Crippen LogP contribution in [-0.2, 0) is 26.6 Å². The van der Waals surface area contributed by atoms with Crippen LogP contribution < -0.4 is 0 Å². The van der Waals surface area contributed by atoms with Gasteiger partial charge < -0.3 is 26.6 Å². The Labute approximate surface area is 167 Å². The molecule has 0 fully saturated rings. The van der Waals surface area contributed by atoms with Gasteiger partial charge in [0.2, 0.25) is 5.60 Å². The molecule has 6 nitrogen and oxygen atoms in total. The van der Waals surface area contributed by atoms with Crippen LogP contribution in [0.5, 0.6) is 0 Å². The fourth-order valence-corrected chi connectivity index (χ4v) is 9.08. The lowest BCUT2D eigenvalue weighted by Crippen LogP contribution is -2.60. The predicted octanol–water partition coefficient (Wildman–Crippen LogP) is 4.20. The summed E-state index contributed by atoms with van der Waals surface area (Å²) >= 11 is 0. The Kier molecular flexibility index (Phi) is 11.9. The lowest BCUT2D eigenvalue weighted by Gasteiger charge is -2.44. The molecule has 0 aromatic heterocycles. The van der Waals surface area contributed by atoms with Crippen molar-refractivity contribution in [2.45, 2.75) is 84.9 Å². The molecule has 0 unspecified atom stereocenters. The quantitative estimate of drug-likeness (QED) is 0.281. The number of rotatable bonds is 15. The van der Waals surface area contributed by atoms with Gasteiger partial charge in [-0.15, -0.1) is 0 Å². The van der Waals surface area contributed by atoms with E-state index in [0.29, 0.717) is 19.8 Å². The largest absolute Gasteiger partial charge is 0.394 e. The minimum Gasteiger partial charge on any atom is -0.394 e. The van der Waals surface area contributed by atoms with Gasteiger partial charge in [0.25, 0.3) is 0 Å². The van der Waals surface area contributed by atoms with Gasteiger partial charge in [-0.25, -0.2) is 0 Å². The van der Waals surface area contributed by atoms with Crippen molar-refractivity contribution < 1.29 is 26.6 Å². The van der Waals surface area contributed by atoms with Gasteiger partial charge in [0.15, 0.2) is 10.2 Å². The second-order valence-corrected chi connectivity index (χ2v) is 18.1. The van der Waals surface area contributed by atoms with Crippen molar-refractivity contribution in [3.8, 4) is 0 Å². The summed E-state index contributed by atoms with van der Waals surface area (Å²) in [5.41, 5.74) is -1.43. The summed E-state index contributed by atoms with van der Waals surface area (Å²) in [4.78, 5) is 0. The van der Waals surface area contributed by atoms with Crippen LogP contribution >= 0.6 is 0 Å². The Balaban J connectivity index is 5.35. The van der Waals surface area contributed by atoms with E-state index in [4.69, 9.17) is 26.6 Å². The molecule has 0 aliphatic rings. The first kappa shape index (κ1) is 26.6. The highest BCUT2D eigenvalue weighted by molar-refractivity contribution is 6.68. The average Bonchev–Trinajstić information content (AvgIpc) is 2.46. The second-order valence-electron chi connectivity index (χ2n) is 7.61. The SMILES string of the molecule is CCCO[Si](C)(C)OC([Si])(O[Si](C)(C)OCCC)O[Si](C)(C)OCCC. The molecule has 0 spiro atoms. The molecule has 0 bridgehead atoms. The summed E-state index contributed by atoms with van der Waals surface area (Å²) in [5.74, 6) is 0. The van der Waals surface area contributed by atoms with Gasteiger partial charge in [-0.2, -0.15) is 0 Å². The second kappa shape index (κ2) is 11.6. The van der Waals surface area contributed by atoms with Crippen molar-refractivity contribution in [2.24, 2.45) is 0 Å². The number of hydrogen-bond donors (Lipinski definition) is 0. The van der Waals surface area contributed by atoms with Crippen LogP contribution in [0.2, 0.25) is 39.3 Å². The maximum absolute atomic E-state index is 6.25. The Morgan fingerprint density at radius 2 is 0.808 bits per heavy atom. The minimum absolute atomic E-state index is 0.641. The summed E-state index contributed by atoms with van der Waals surface area (Å²) < 4.78 is 36.6. The highest BCUT2D eigenvalue weighted by Gasteiger charge is 2.47. The third-order valence-corrected chi connectivity index (χ3v) is 9.00. The minimum atomic E-state index is -2.49. The zero-order chi connectivity index (χ0) is 20.5. The summed E-state index contributed by atoms with van der Waals surface area (Å²) in [7, 11) is -3.83. The maximum Gasteiger partial charge on any atom is 0.335 e. The van der Waals surface area contributed by atoms with E-state index in [1.54, 1.807) is 0 Å². The van der Waals surface area contributed by atoms with Gasteiger partial charge in [-0.3, -0.25) is 0 Å². The highest BCUT2D eigenvalue weighted by Crippen LogP contribution is 2.28. The van der Waals surface area contributed by atoms with Gasteiger partial charge in [0, 0.05) is 19.8 Å². The van der Waals surface area contributed by atoms with Crippen molar-refractivity contribution in [1.82, 2.24) is 0 Å². The first-order chi connectivity index (χ1) is 11.8. The van der Waals surface area contributed by atoms with Crippen LogP contribution in [0.25, 0.3) is 0 Å². The highest BCUT2D eigenvalue weighted by atomic mass is 28.4. The van der Waals surface area contributed by atoms with Crippen LogP contribution in [0.4, 0.5) is 0 Å². The Morgan fingerprint density at radius 3 is 1.00 bits per heavy atom. The van der Waals surface area contributed by atoms with E-state index in [0.717, 1.165) is 19.3 Å². The van der Waals surface area contributed by atoms with Crippen molar-refractivity contribution in [3.63, 3.8) is 0 Å². The normalized spacial score (nSPS) is 14.1. The standard InChI is InChI=1S/C16H39O6Si4/c1-10-13-17-24(4,5)20-16(23,21-25(6,7)18-14-11-2)22-26(8,9)19-15-12-3/h10-15H2,1-9H3. The molecule has 0 aromatic carbocycles. The van der Waals surface area contributed by atoms with E-state index >= 15 is 0 Å². The summed E-state index contributed by atoms with van der Waals surface area (Å²) in [5, 5.41) is 0. The van der Waals surface area contributed by atoms with Crippen molar-refractivity contribution in [1.29, 1.82) is 0 Å². The summed E-state index contributed by atoms with van der Waals surface area (Å²) in [6.07, 6.45) is 2.78. The maximum atomic E-state index is 6.25. The molecule has 0 aliphatic heterocycles. The smallest absolute Gasteiger partial charge is 0.335 e. The van der Waals surface area contributed by atoms with Crippen molar-refractivity contribution in [3.05, 3.63) is 0 Å². The van der Waals surface area contributed by atoms with Crippen LogP contribution in [0.3, 0.4) is 0 Å². The van der Waals surface area contributed by atoms with E-state index in [-0.39, 0.29) is 0 Å². The van der Waals surface area contributed by atoms with Crippen molar-refractivity contribution in [2.75, 3.05) is 19.8 Å². The van der Waals surface area contributed by atoms with Crippen LogP contribution in [0.15, 0.2) is 0 Å². The zero-order valence-electron chi connectivity index (χ0n) is 18.2. The Hall–Kier alpha value is 0.628. The molecule has 0 atom stereocenters. The lowest BCUT2D eigenvalue weighted by atomic mass is 10.5. The topological polar surface area (TPSA) is 55.4 Å². The average molecular weight is 440 g/mol. The van der Waals surface area contributed by atoms with Gasteiger partial charge in [-0.1, -0.05) is 20.8 Å². The van der Waals surface area contributed by atoms with E-state index in [9.17, 15) is 0 Å². The molecule has 0 rings (SSSR count). The Morgan fingerprint density at radius 1 is 0.577 bits per heavy atom. The predicted molar refractivity (Wildman–Crippen MR) is 113 cm³/mol. The van der Waals surface area contributed by atoms with Crippen molar-refractivity contribution >= 4 is 35.9 Å². The molecule has 0 aliphatic carbocycles. The third kappa shape index (κ3) is 12.2. The molecule has 155 valence electrons. The van der Waals surface area contributed by atoms with E-state index in [2.05, 4.69) is 31.0 Å². The fourth-order valence-electron chi connectivity index (χ4n) is 2.17. The molecule has 0 aromatic rings. The molecule has 0 amide bonds. The van der Waals surface area contributed by atoms with Gasteiger partial charge in [-0.05, 0) is 58.5 Å². The van der Waals surface area contributed by atoms with E-state index in [1.165, 1.54) is 0 Å². The zero-order valence-corrected chi connectivity index (χ0v) is 22.2. The first-order valence-corrected chi connectivity index (χ1v) is 18.5. The molecular formula is C16H39O6Si4. The molecule has 3 radical (unpaired) electrons. The van der Waals surface area contributed by atoms with Crippen LogP contribution in [-0.4, -0.2) is 61.3 Å². The van der Waals surface area contributed by atoms with Crippen LogP contribution in [0, 0.1) is 0 Å². The fraction of sp³-hybridized carbons (Fsp3) is 1.00. The molecule has 0 N–H and O–H groups in total. The molecule has 10 heteroatoms. The molecular weight excluding hydrogens is 401 g/mol. The number of hydrogen-bond acceptors (Lipinski definition) is 6. The molecule has 0 saturated heterocycles. The van der Waals surface area contributed by atoms with Crippen LogP contribution in [0.1, 0.15) is 40.0 Å². The third-order valence-electron chi connectivity index (χ3n) is 3.10. The summed E-state index contributed by atoms with van der Waals surface area (Å²) in [6, 6.07) is 0. The molecule has 0 heterocycles.